The number of hydrogen-bond acceptors (Lipinski definition) is 3. The van der Waals surface area contributed by atoms with Crippen LogP contribution < -0.4 is 15.4 Å². The van der Waals surface area contributed by atoms with Crippen LogP contribution in [0.2, 0.25) is 5.02 Å². The van der Waals surface area contributed by atoms with E-state index in [2.05, 4.69) is 17.6 Å². The Morgan fingerprint density at radius 1 is 1.38 bits per heavy atom. The molecule has 4 nitrogen and oxygen atoms in total. The van der Waals surface area contributed by atoms with Crippen LogP contribution in [0, 0.1) is 5.92 Å². The first-order valence-corrected chi connectivity index (χ1v) is 7.79. The Hall–Kier alpha value is -1.26. The lowest BCUT2D eigenvalue weighted by atomic mass is 10.2. The molecule has 0 spiro atoms. The fourth-order valence-corrected chi connectivity index (χ4v) is 1.95. The van der Waals surface area contributed by atoms with E-state index in [4.69, 9.17) is 16.3 Å². The lowest BCUT2D eigenvalue weighted by Gasteiger charge is -2.11. The number of carbonyl (C=O) groups excluding carboxylic acids is 1. The van der Waals surface area contributed by atoms with Crippen molar-refractivity contribution >= 4 is 17.5 Å². The van der Waals surface area contributed by atoms with E-state index in [0.717, 1.165) is 25.1 Å². The minimum atomic E-state index is -0.131. The molecular formula is C16H25ClN2O2. The third-order valence-electron chi connectivity index (χ3n) is 2.82. The SMILES string of the molecule is CCCNCc1ccc(OCC(=O)NCC(C)C)c(Cl)c1. The van der Waals surface area contributed by atoms with Crippen molar-refractivity contribution in [3.63, 3.8) is 0 Å². The van der Waals surface area contributed by atoms with Crippen LogP contribution in [0.5, 0.6) is 5.75 Å². The van der Waals surface area contributed by atoms with Gasteiger partial charge in [0.05, 0.1) is 5.02 Å². The summed E-state index contributed by atoms with van der Waals surface area (Å²) < 4.78 is 5.45. The van der Waals surface area contributed by atoms with E-state index in [-0.39, 0.29) is 12.5 Å². The molecule has 0 saturated heterocycles. The normalized spacial score (nSPS) is 10.7. The van der Waals surface area contributed by atoms with Crippen molar-refractivity contribution in [3.05, 3.63) is 28.8 Å². The van der Waals surface area contributed by atoms with Gasteiger partial charge in [-0.15, -0.1) is 0 Å². The summed E-state index contributed by atoms with van der Waals surface area (Å²) in [7, 11) is 0. The van der Waals surface area contributed by atoms with Crippen molar-refractivity contribution in [2.45, 2.75) is 33.7 Å². The zero-order valence-corrected chi connectivity index (χ0v) is 13.8. The Morgan fingerprint density at radius 2 is 2.14 bits per heavy atom. The molecule has 1 aromatic carbocycles. The van der Waals surface area contributed by atoms with Crippen LogP contribution in [-0.2, 0) is 11.3 Å². The molecule has 0 atom stereocenters. The number of hydrogen-bond donors (Lipinski definition) is 2. The van der Waals surface area contributed by atoms with Gasteiger partial charge in [0, 0.05) is 13.1 Å². The minimum absolute atomic E-state index is 0.0140. The van der Waals surface area contributed by atoms with E-state index >= 15 is 0 Å². The van der Waals surface area contributed by atoms with Gasteiger partial charge in [0.25, 0.3) is 5.91 Å². The molecule has 21 heavy (non-hydrogen) atoms. The predicted octanol–water partition coefficient (Wildman–Crippen LogP) is 2.99. The van der Waals surface area contributed by atoms with Gasteiger partial charge >= 0.3 is 0 Å². The molecule has 0 aromatic heterocycles. The lowest BCUT2D eigenvalue weighted by Crippen LogP contribution is -2.31. The zero-order chi connectivity index (χ0) is 15.7. The van der Waals surface area contributed by atoms with Gasteiger partial charge in [0.2, 0.25) is 0 Å². The molecule has 0 aliphatic rings. The molecule has 0 fully saturated rings. The number of amides is 1. The summed E-state index contributed by atoms with van der Waals surface area (Å²) in [5.41, 5.74) is 1.10. The maximum atomic E-state index is 11.6. The van der Waals surface area contributed by atoms with Crippen molar-refractivity contribution in [3.8, 4) is 5.75 Å². The zero-order valence-electron chi connectivity index (χ0n) is 13.0. The molecule has 1 amide bonds. The predicted molar refractivity (Wildman–Crippen MR) is 86.8 cm³/mol. The first-order valence-electron chi connectivity index (χ1n) is 7.41. The van der Waals surface area contributed by atoms with Crippen molar-refractivity contribution in [2.24, 2.45) is 5.92 Å². The molecular weight excluding hydrogens is 288 g/mol. The van der Waals surface area contributed by atoms with Gasteiger partial charge in [-0.2, -0.15) is 0 Å². The second-order valence-corrected chi connectivity index (χ2v) is 5.84. The standard InChI is InChI=1S/C16H25ClN2O2/c1-4-7-18-10-13-5-6-15(14(17)8-13)21-11-16(20)19-9-12(2)3/h5-6,8,12,18H,4,7,9-11H2,1-3H3,(H,19,20). The summed E-state index contributed by atoms with van der Waals surface area (Å²) in [6.07, 6.45) is 1.10. The summed E-state index contributed by atoms with van der Waals surface area (Å²) in [5, 5.41) is 6.64. The van der Waals surface area contributed by atoms with Gasteiger partial charge < -0.3 is 15.4 Å². The van der Waals surface area contributed by atoms with Gasteiger partial charge in [-0.1, -0.05) is 38.4 Å². The quantitative estimate of drug-likeness (QED) is 0.689. The van der Waals surface area contributed by atoms with Crippen LogP contribution in [0.25, 0.3) is 0 Å². The van der Waals surface area contributed by atoms with Gasteiger partial charge in [-0.05, 0) is 36.6 Å². The Labute approximate surface area is 132 Å². The number of carbonyl (C=O) groups is 1. The number of nitrogens with one attached hydrogen (secondary N) is 2. The monoisotopic (exact) mass is 312 g/mol. The highest BCUT2D eigenvalue weighted by Crippen LogP contribution is 2.25. The fraction of sp³-hybridized carbons (Fsp3) is 0.562. The molecule has 2 N–H and O–H groups in total. The summed E-state index contributed by atoms with van der Waals surface area (Å²) in [4.78, 5) is 11.6. The molecule has 1 aromatic rings. The topological polar surface area (TPSA) is 50.4 Å². The van der Waals surface area contributed by atoms with Crippen molar-refractivity contribution in [2.75, 3.05) is 19.7 Å². The highest BCUT2D eigenvalue weighted by Gasteiger charge is 2.07. The van der Waals surface area contributed by atoms with Crippen LogP contribution >= 0.6 is 11.6 Å². The van der Waals surface area contributed by atoms with Crippen molar-refractivity contribution in [1.82, 2.24) is 10.6 Å². The van der Waals surface area contributed by atoms with Crippen molar-refractivity contribution < 1.29 is 9.53 Å². The van der Waals surface area contributed by atoms with Crippen LogP contribution in [0.1, 0.15) is 32.8 Å². The molecule has 0 radical (unpaired) electrons. The molecule has 0 aliphatic heterocycles. The minimum Gasteiger partial charge on any atom is -0.482 e. The summed E-state index contributed by atoms with van der Waals surface area (Å²) >= 11 is 6.17. The molecule has 0 saturated carbocycles. The Kier molecular flexibility index (Phi) is 8.16. The van der Waals surface area contributed by atoms with Crippen LogP contribution in [-0.4, -0.2) is 25.6 Å². The highest BCUT2D eigenvalue weighted by atomic mass is 35.5. The van der Waals surface area contributed by atoms with E-state index in [1.807, 2.05) is 26.0 Å². The van der Waals surface area contributed by atoms with E-state index < -0.39 is 0 Å². The second-order valence-electron chi connectivity index (χ2n) is 5.43. The van der Waals surface area contributed by atoms with Crippen LogP contribution in [0.3, 0.4) is 0 Å². The van der Waals surface area contributed by atoms with E-state index in [1.54, 1.807) is 6.07 Å². The van der Waals surface area contributed by atoms with E-state index in [1.165, 1.54) is 0 Å². The van der Waals surface area contributed by atoms with Crippen LogP contribution in [0.15, 0.2) is 18.2 Å². The first-order chi connectivity index (χ1) is 10.0. The Morgan fingerprint density at radius 3 is 2.76 bits per heavy atom. The summed E-state index contributed by atoms with van der Waals surface area (Å²) in [5.74, 6) is 0.830. The molecule has 0 aliphatic carbocycles. The molecule has 118 valence electrons. The molecule has 0 bridgehead atoms. The van der Waals surface area contributed by atoms with E-state index in [9.17, 15) is 4.79 Å². The number of halogens is 1. The molecule has 0 unspecified atom stereocenters. The number of ether oxygens (including phenoxy) is 1. The third-order valence-corrected chi connectivity index (χ3v) is 3.11. The third kappa shape index (κ3) is 7.34. The smallest absolute Gasteiger partial charge is 0.257 e. The van der Waals surface area contributed by atoms with E-state index in [0.29, 0.717) is 23.2 Å². The maximum absolute atomic E-state index is 11.6. The van der Waals surface area contributed by atoms with Gasteiger partial charge in [-0.25, -0.2) is 0 Å². The number of rotatable bonds is 9. The molecule has 0 heterocycles. The average molecular weight is 313 g/mol. The van der Waals surface area contributed by atoms with Gasteiger partial charge in [-0.3, -0.25) is 4.79 Å². The average Bonchev–Trinajstić information content (AvgIpc) is 2.44. The first kappa shape index (κ1) is 17.8. The van der Waals surface area contributed by atoms with Crippen LogP contribution in [0.4, 0.5) is 0 Å². The lowest BCUT2D eigenvalue weighted by molar-refractivity contribution is -0.123. The van der Waals surface area contributed by atoms with Gasteiger partial charge in [0.1, 0.15) is 5.75 Å². The summed E-state index contributed by atoms with van der Waals surface area (Å²) in [6.45, 7) is 8.61. The summed E-state index contributed by atoms with van der Waals surface area (Å²) in [6, 6.07) is 5.63. The Bertz CT molecular complexity index is 450. The fourth-order valence-electron chi connectivity index (χ4n) is 1.69. The van der Waals surface area contributed by atoms with Crippen molar-refractivity contribution in [1.29, 1.82) is 0 Å². The largest absolute Gasteiger partial charge is 0.482 e. The Balaban J connectivity index is 2.43. The maximum Gasteiger partial charge on any atom is 0.257 e. The number of benzene rings is 1. The highest BCUT2D eigenvalue weighted by molar-refractivity contribution is 6.32. The second kappa shape index (κ2) is 9.64. The molecule has 1 rings (SSSR count). The molecule has 5 heteroatoms. The van der Waals surface area contributed by atoms with Gasteiger partial charge in [0.15, 0.2) is 6.61 Å².